The summed E-state index contributed by atoms with van der Waals surface area (Å²) in [6, 6.07) is 0. The van der Waals surface area contributed by atoms with Crippen LogP contribution in [-0.4, -0.2) is 29.9 Å². The van der Waals surface area contributed by atoms with Gasteiger partial charge in [0, 0.05) is 32.7 Å². The lowest BCUT2D eigenvalue weighted by molar-refractivity contribution is 0.550. The van der Waals surface area contributed by atoms with Gasteiger partial charge in [0.1, 0.15) is 5.82 Å². The molecule has 1 rings (SSSR count). The van der Waals surface area contributed by atoms with E-state index in [-0.39, 0.29) is 0 Å². The van der Waals surface area contributed by atoms with Crippen LogP contribution in [0.15, 0.2) is 0 Å². The molecule has 0 spiro atoms. The van der Waals surface area contributed by atoms with Gasteiger partial charge < -0.3 is 10.2 Å². The van der Waals surface area contributed by atoms with Gasteiger partial charge in [-0.3, -0.25) is 4.68 Å². The Morgan fingerprint density at radius 2 is 2.05 bits per heavy atom. The molecule has 0 aliphatic rings. The van der Waals surface area contributed by atoms with Gasteiger partial charge in [-0.05, 0) is 25.8 Å². The number of aryl methyl sites for hydroxylation is 2. The summed E-state index contributed by atoms with van der Waals surface area (Å²) in [4.78, 5) is 2.34. The van der Waals surface area contributed by atoms with Crippen molar-refractivity contribution >= 4 is 5.82 Å². The second-order valence-electron chi connectivity index (χ2n) is 5.58. The molecule has 1 aromatic heterocycles. The van der Waals surface area contributed by atoms with Crippen LogP contribution in [0.4, 0.5) is 5.82 Å². The van der Waals surface area contributed by atoms with Crippen LogP contribution < -0.4 is 10.2 Å². The number of hydrogen-bond acceptors (Lipinski definition) is 3. The minimum atomic E-state index is 0.705. The lowest BCUT2D eigenvalue weighted by Crippen LogP contribution is -2.27. The van der Waals surface area contributed by atoms with Gasteiger partial charge in [0.2, 0.25) is 0 Å². The molecule has 0 aromatic carbocycles. The van der Waals surface area contributed by atoms with E-state index in [2.05, 4.69) is 50.1 Å². The Hall–Kier alpha value is -1.03. The first-order valence-corrected chi connectivity index (χ1v) is 7.45. The summed E-state index contributed by atoms with van der Waals surface area (Å²) < 4.78 is 2.01. The van der Waals surface area contributed by atoms with Gasteiger partial charge in [0.15, 0.2) is 0 Å². The largest absolute Gasteiger partial charge is 0.359 e. The lowest BCUT2D eigenvalue weighted by Gasteiger charge is -2.24. The second kappa shape index (κ2) is 7.53. The molecule has 0 aliphatic carbocycles. The van der Waals surface area contributed by atoms with E-state index >= 15 is 0 Å². The van der Waals surface area contributed by atoms with Crippen LogP contribution in [0.25, 0.3) is 0 Å². The number of nitrogens with one attached hydrogen (secondary N) is 1. The summed E-state index contributed by atoms with van der Waals surface area (Å²) in [5.74, 6) is 1.96. The highest BCUT2D eigenvalue weighted by atomic mass is 15.4. The van der Waals surface area contributed by atoms with Crippen LogP contribution in [0.3, 0.4) is 0 Å². The molecule has 1 N–H and O–H groups in total. The van der Waals surface area contributed by atoms with E-state index in [0.29, 0.717) is 5.92 Å². The molecule has 1 heterocycles. The van der Waals surface area contributed by atoms with E-state index in [0.717, 1.165) is 31.7 Å². The zero-order valence-corrected chi connectivity index (χ0v) is 13.5. The normalized spacial score (nSPS) is 12.7. The molecule has 110 valence electrons. The zero-order chi connectivity index (χ0) is 14.4. The molecule has 0 radical (unpaired) electrons. The highest BCUT2D eigenvalue weighted by molar-refractivity contribution is 5.49. The van der Waals surface area contributed by atoms with Crippen LogP contribution in [0.1, 0.15) is 44.9 Å². The van der Waals surface area contributed by atoms with Gasteiger partial charge >= 0.3 is 0 Å². The van der Waals surface area contributed by atoms with E-state index in [1.807, 2.05) is 11.7 Å². The Morgan fingerprint density at radius 1 is 1.37 bits per heavy atom. The Bertz CT molecular complexity index is 384. The van der Waals surface area contributed by atoms with Crippen molar-refractivity contribution in [3.63, 3.8) is 0 Å². The number of nitrogens with zero attached hydrogens (tertiary/aromatic N) is 3. The summed E-state index contributed by atoms with van der Waals surface area (Å²) in [5, 5.41) is 8.07. The Labute approximate surface area is 118 Å². The molecule has 0 saturated carbocycles. The number of aromatic nitrogens is 2. The van der Waals surface area contributed by atoms with Gasteiger partial charge in [-0.25, -0.2) is 0 Å². The first-order valence-electron chi connectivity index (χ1n) is 7.45. The molecule has 0 fully saturated rings. The average Bonchev–Trinajstić information content (AvgIpc) is 2.64. The maximum Gasteiger partial charge on any atom is 0.131 e. The molecule has 0 aliphatic heterocycles. The van der Waals surface area contributed by atoms with Crippen LogP contribution in [-0.2, 0) is 13.6 Å². The van der Waals surface area contributed by atoms with Crippen LogP contribution in [0.2, 0.25) is 0 Å². The topological polar surface area (TPSA) is 33.1 Å². The molecule has 1 aromatic rings. The standard InChI is InChI=1S/C15H30N4/c1-7-9-16-10-14-13(4)17-19(6)15(14)18(5)11-12(3)8-2/h12,16H,7-11H2,1-6H3. The molecule has 1 atom stereocenters. The van der Waals surface area contributed by atoms with E-state index in [4.69, 9.17) is 0 Å². The molecule has 4 heteroatoms. The SMILES string of the molecule is CCCNCc1c(C)nn(C)c1N(C)CC(C)CC. The van der Waals surface area contributed by atoms with E-state index in [1.54, 1.807) is 0 Å². The Morgan fingerprint density at radius 3 is 2.63 bits per heavy atom. The highest BCUT2D eigenvalue weighted by Gasteiger charge is 2.17. The predicted molar refractivity (Wildman–Crippen MR) is 82.7 cm³/mol. The van der Waals surface area contributed by atoms with Crippen molar-refractivity contribution in [1.29, 1.82) is 0 Å². The fourth-order valence-corrected chi connectivity index (χ4v) is 2.45. The monoisotopic (exact) mass is 266 g/mol. The zero-order valence-electron chi connectivity index (χ0n) is 13.5. The number of hydrogen-bond donors (Lipinski definition) is 1. The molecular weight excluding hydrogens is 236 g/mol. The van der Waals surface area contributed by atoms with Crippen molar-refractivity contribution in [1.82, 2.24) is 15.1 Å². The smallest absolute Gasteiger partial charge is 0.131 e. The summed E-state index contributed by atoms with van der Waals surface area (Å²) in [5.41, 5.74) is 2.47. The third-order valence-corrected chi connectivity index (χ3v) is 3.69. The van der Waals surface area contributed by atoms with Crippen LogP contribution >= 0.6 is 0 Å². The molecule has 0 bridgehead atoms. The quantitative estimate of drug-likeness (QED) is 0.734. The van der Waals surface area contributed by atoms with Crippen LogP contribution in [0, 0.1) is 12.8 Å². The maximum atomic E-state index is 4.58. The van der Waals surface area contributed by atoms with Crippen molar-refractivity contribution in [2.24, 2.45) is 13.0 Å². The minimum Gasteiger partial charge on any atom is -0.359 e. The maximum absolute atomic E-state index is 4.58. The molecule has 1 unspecified atom stereocenters. The van der Waals surface area contributed by atoms with Crippen molar-refractivity contribution in [2.75, 3.05) is 25.0 Å². The molecular formula is C15H30N4. The molecule has 4 nitrogen and oxygen atoms in total. The van der Waals surface area contributed by atoms with E-state index in [9.17, 15) is 0 Å². The second-order valence-corrected chi connectivity index (χ2v) is 5.58. The van der Waals surface area contributed by atoms with Crippen molar-refractivity contribution in [2.45, 2.75) is 47.1 Å². The predicted octanol–water partition coefficient (Wildman–Crippen LogP) is 2.71. The van der Waals surface area contributed by atoms with Gasteiger partial charge in [-0.2, -0.15) is 5.10 Å². The van der Waals surface area contributed by atoms with Crippen LogP contribution in [0.5, 0.6) is 0 Å². The van der Waals surface area contributed by atoms with Crippen molar-refractivity contribution < 1.29 is 0 Å². The summed E-state index contributed by atoms with van der Waals surface area (Å²) in [6.07, 6.45) is 2.38. The third-order valence-electron chi connectivity index (χ3n) is 3.69. The highest BCUT2D eigenvalue weighted by Crippen LogP contribution is 2.23. The summed E-state index contributed by atoms with van der Waals surface area (Å²) >= 11 is 0. The average molecular weight is 266 g/mol. The van der Waals surface area contributed by atoms with Gasteiger partial charge in [-0.1, -0.05) is 27.2 Å². The number of anilines is 1. The van der Waals surface area contributed by atoms with Gasteiger partial charge in [-0.15, -0.1) is 0 Å². The Balaban J connectivity index is 2.85. The third kappa shape index (κ3) is 4.23. The first-order chi connectivity index (χ1) is 9.01. The minimum absolute atomic E-state index is 0.705. The Kier molecular flexibility index (Phi) is 6.35. The summed E-state index contributed by atoms with van der Waals surface area (Å²) in [7, 11) is 4.21. The van der Waals surface area contributed by atoms with Crippen molar-refractivity contribution in [3.05, 3.63) is 11.3 Å². The van der Waals surface area contributed by atoms with Gasteiger partial charge in [0.05, 0.1) is 5.69 Å². The lowest BCUT2D eigenvalue weighted by atomic mass is 10.1. The fourth-order valence-electron chi connectivity index (χ4n) is 2.45. The first kappa shape index (κ1) is 16.0. The number of rotatable bonds is 8. The van der Waals surface area contributed by atoms with E-state index in [1.165, 1.54) is 17.8 Å². The summed E-state index contributed by atoms with van der Waals surface area (Å²) in [6.45, 7) is 11.9. The fraction of sp³-hybridized carbons (Fsp3) is 0.800. The van der Waals surface area contributed by atoms with Gasteiger partial charge in [0.25, 0.3) is 0 Å². The van der Waals surface area contributed by atoms with Crippen molar-refractivity contribution in [3.8, 4) is 0 Å². The van der Waals surface area contributed by atoms with E-state index < -0.39 is 0 Å². The molecule has 0 saturated heterocycles. The molecule has 19 heavy (non-hydrogen) atoms. The molecule has 0 amide bonds.